The molecule has 1 aromatic carbocycles. The standard InChI is InChI=1S/C27H36N4O2/c1-18-5-9-20(10-6-18)16-25(32)31-14-3-4-24(31)26-28-23-13-15-30(17-22(23)27(33)29-26)21-11-7-19(2)8-12-21/h5-6,9-10,19,21,24H,3-4,7-8,11-17H2,1-2H3,(H,28,29,33)/t19?,21?,24-/m1/s1. The summed E-state index contributed by atoms with van der Waals surface area (Å²) < 4.78 is 0. The Bertz CT molecular complexity index is 1050. The smallest absolute Gasteiger partial charge is 0.255 e. The van der Waals surface area contributed by atoms with E-state index in [-0.39, 0.29) is 17.5 Å². The second-order valence-corrected chi connectivity index (χ2v) is 10.4. The molecule has 5 rings (SSSR count). The molecular formula is C27H36N4O2. The van der Waals surface area contributed by atoms with Gasteiger partial charge in [0, 0.05) is 32.1 Å². The maximum absolute atomic E-state index is 13.1. The van der Waals surface area contributed by atoms with E-state index in [1.54, 1.807) is 0 Å². The minimum Gasteiger partial charge on any atom is -0.332 e. The predicted molar refractivity (Wildman–Crippen MR) is 129 cm³/mol. The Balaban J connectivity index is 1.31. The second kappa shape index (κ2) is 9.41. The van der Waals surface area contributed by atoms with Gasteiger partial charge < -0.3 is 9.88 Å². The third kappa shape index (κ3) is 4.77. The highest BCUT2D eigenvalue weighted by Crippen LogP contribution is 2.32. The van der Waals surface area contributed by atoms with E-state index >= 15 is 0 Å². The van der Waals surface area contributed by atoms with Crippen molar-refractivity contribution in [3.63, 3.8) is 0 Å². The fraction of sp³-hybridized carbons (Fsp3) is 0.593. The molecule has 2 aliphatic heterocycles. The molecule has 2 fully saturated rings. The topological polar surface area (TPSA) is 69.3 Å². The van der Waals surface area contributed by atoms with Crippen molar-refractivity contribution in [2.75, 3.05) is 13.1 Å². The zero-order chi connectivity index (χ0) is 22.9. The highest BCUT2D eigenvalue weighted by Gasteiger charge is 2.34. The molecule has 1 aromatic heterocycles. The average molecular weight is 449 g/mol. The molecule has 1 N–H and O–H groups in total. The number of aromatic nitrogens is 2. The van der Waals surface area contributed by atoms with Gasteiger partial charge in [0.2, 0.25) is 5.91 Å². The molecule has 0 spiro atoms. The molecule has 0 radical (unpaired) electrons. The number of hydrogen-bond acceptors (Lipinski definition) is 4. The molecule has 0 bridgehead atoms. The van der Waals surface area contributed by atoms with Crippen LogP contribution in [0.4, 0.5) is 0 Å². The summed E-state index contributed by atoms with van der Waals surface area (Å²) in [6, 6.07) is 8.61. The van der Waals surface area contributed by atoms with Crippen molar-refractivity contribution in [3.05, 3.63) is 62.8 Å². The minimum atomic E-state index is -0.126. The van der Waals surface area contributed by atoms with Crippen LogP contribution in [0.15, 0.2) is 29.1 Å². The lowest BCUT2D eigenvalue weighted by atomic mass is 9.86. The number of fused-ring (bicyclic) bond motifs is 1. The normalized spacial score (nSPS) is 25.8. The molecule has 1 saturated carbocycles. The number of amides is 1. The maximum atomic E-state index is 13.1. The zero-order valence-corrected chi connectivity index (χ0v) is 20.0. The summed E-state index contributed by atoms with van der Waals surface area (Å²) in [5.41, 5.74) is 3.98. The number of carbonyl (C=O) groups is 1. The van der Waals surface area contributed by atoms with Gasteiger partial charge in [-0.15, -0.1) is 0 Å². The van der Waals surface area contributed by atoms with Gasteiger partial charge in [0.15, 0.2) is 0 Å². The molecule has 6 heteroatoms. The van der Waals surface area contributed by atoms with Crippen LogP contribution in [0.2, 0.25) is 0 Å². The van der Waals surface area contributed by atoms with Gasteiger partial charge in [0.25, 0.3) is 5.56 Å². The van der Waals surface area contributed by atoms with Crippen molar-refractivity contribution in [2.45, 2.75) is 83.8 Å². The molecule has 1 aliphatic carbocycles. The first-order valence-electron chi connectivity index (χ1n) is 12.7. The average Bonchev–Trinajstić information content (AvgIpc) is 3.31. The van der Waals surface area contributed by atoms with Crippen molar-refractivity contribution in [3.8, 4) is 0 Å². The van der Waals surface area contributed by atoms with Crippen LogP contribution in [0.25, 0.3) is 0 Å². The lowest BCUT2D eigenvalue weighted by Gasteiger charge is -2.38. The maximum Gasteiger partial charge on any atom is 0.255 e. The Labute approximate surface area is 196 Å². The van der Waals surface area contributed by atoms with Gasteiger partial charge in [-0.3, -0.25) is 14.5 Å². The van der Waals surface area contributed by atoms with Crippen molar-refractivity contribution in [1.29, 1.82) is 0 Å². The summed E-state index contributed by atoms with van der Waals surface area (Å²) in [5.74, 6) is 1.61. The first-order chi connectivity index (χ1) is 16.0. The Hall–Kier alpha value is -2.47. The molecule has 1 atom stereocenters. The number of nitrogens with one attached hydrogen (secondary N) is 1. The number of aromatic amines is 1. The number of carbonyl (C=O) groups excluding carboxylic acids is 1. The first kappa shape index (κ1) is 22.3. The highest BCUT2D eigenvalue weighted by molar-refractivity contribution is 5.79. The number of rotatable bonds is 4. The quantitative estimate of drug-likeness (QED) is 0.770. The van der Waals surface area contributed by atoms with Crippen LogP contribution < -0.4 is 5.56 Å². The van der Waals surface area contributed by atoms with Crippen LogP contribution in [0.5, 0.6) is 0 Å². The van der Waals surface area contributed by atoms with Crippen LogP contribution in [0.1, 0.15) is 79.7 Å². The lowest BCUT2D eigenvalue weighted by Crippen LogP contribution is -2.44. The minimum absolute atomic E-state index is 0.0123. The molecule has 6 nitrogen and oxygen atoms in total. The number of nitrogens with zero attached hydrogens (tertiary/aromatic N) is 3. The van der Waals surface area contributed by atoms with E-state index in [4.69, 9.17) is 4.98 Å². The third-order valence-electron chi connectivity index (χ3n) is 7.98. The summed E-state index contributed by atoms with van der Waals surface area (Å²) >= 11 is 0. The fourth-order valence-electron chi connectivity index (χ4n) is 5.87. The largest absolute Gasteiger partial charge is 0.332 e. The molecule has 0 unspecified atom stereocenters. The van der Waals surface area contributed by atoms with Crippen LogP contribution in [0, 0.1) is 12.8 Å². The Morgan fingerprint density at radius 2 is 1.85 bits per heavy atom. The Morgan fingerprint density at radius 3 is 2.61 bits per heavy atom. The Kier molecular flexibility index (Phi) is 6.37. The number of benzene rings is 1. The third-order valence-corrected chi connectivity index (χ3v) is 7.98. The van der Waals surface area contributed by atoms with Crippen LogP contribution >= 0.6 is 0 Å². The van der Waals surface area contributed by atoms with E-state index in [1.165, 1.54) is 31.2 Å². The number of hydrogen-bond donors (Lipinski definition) is 1. The molecule has 33 heavy (non-hydrogen) atoms. The van der Waals surface area contributed by atoms with Gasteiger partial charge in [0.05, 0.1) is 23.7 Å². The van der Waals surface area contributed by atoms with E-state index < -0.39 is 0 Å². The summed E-state index contributed by atoms with van der Waals surface area (Å²) in [7, 11) is 0. The van der Waals surface area contributed by atoms with Crippen molar-refractivity contribution < 1.29 is 4.79 Å². The van der Waals surface area contributed by atoms with E-state index in [0.29, 0.717) is 24.8 Å². The van der Waals surface area contributed by atoms with Gasteiger partial charge >= 0.3 is 0 Å². The Morgan fingerprint density at radius 1 is 1.09 bits per heavy atom. The first-order valence-corrected chi connectivity index (χ1v) is 12.7. The van der Waals surface area contributed by atoms with Crippen LogP contribution in [0.3, 0.4) is 0 Å². The van der Waals surface area contributed by atoms with E-state index in [2.05, 4.69) is 23.7 Å². The van der Waals surface area contributed by atoms with Crippen LogP contribution in [-0.4, -0.2) is 44.8 Å². The molecule has 2 aromatic rings. The summed E-state index contributed by atoms with van der Waals surface area (Å²) in [6.45, 7) is 6.80. The van der Waals surface area contributed by atoms with Gasteiger partial charge in [-0.25, -0.2) is 4.98 Å². The van der Waals surface area contributed by atoms with Crippen molar-refractivity contribution in [1.82, 2.24) is 19.8 Å². The number of aryl methyl sites for hydroxylation is 1. The van der Waals surface area contributed by atoms with Gasteiger partial charge in [0.1, 0.15) is 5.82 Å². The SMILES string of the molecule is Cc1ccc(CC(=O)N2CCC[C@@H]2c2nc3c(c(=O)[nH]2)CN(C2CCC(C)CC2)CC3)cc1. The molecular weight excluding hydrogens is 412 g/mol. The summed E-state index contributed by atoms with van der Waals surface area (Å²) in [6.07, 6.45) is 8.06. The molecule has 1 amide bonds. The number of H-pyrrole nitrogens is 1. The summed E-state index contributed by atoms with van der Waals surface area (Å²) in [5, 5.41) is 0. The van der Waals surface area contributed by atoms with Gasteiger partial charge in [-0.2, -0.15) is 0 Å². The second-order valence-electron chi connectivity index (χ2n) is 10.4. The van der Waals surface area contributed by atoms with E-state index in [1.807, 2.05) is 29.2 Å². The predicted octanol–water partition coefficient (Wildman–Crippen LogP) is 3.92. The molecule has 3 heterocycles. The monoisotopic (exact) mass is 448 g/mol. The molecule has 3 aliphatic rings. The zero-order valence-electron chi connectivity index (χ0n) is 20.0. The lowest BCUT2D eigenvalue weighted by molar-refractivity contribution is -0.131. The van der Waals surface area contributed by atoms with E-state index in [9.17, 15) is 9.59 Å². The number of likely N-dealkylation sites (tertiary alicyclic amines) is 1. The van der Waals surface area contributed by atoms with E-state index in [0.717, 1.165) is 55.1 Å². The van der Waals surface area contributed by atoms with Gasteiger partial charge in [-0.1, -0.05) is 36.8 Å². The van der Waals surface area contributed by atoms with Crippen molar-refractivity contribution >= 4 is 5.91 Å². The molecule has 176 valence electrons. The summed E-state index contributed by atoms with van der Waals surface area (Å²) in [4.78, 5) is 38.6. The van der Waals surface area contributed by atoms with Crippen molar-refractivity contribution in [2.24, 2.45) is 5.92 Å². The van der Waals surface area contributed by atoms with Gasteiger partial charge in [-0.05, 0) is 56.9 Å². The highest BCUT2D eigenvalue weighted by atomic mass is 16.2. The fourth-order valence-corrected chi connectivity index (χ4v) is 5.87. The molecule has 1 saturated heterocycles. The van der Waals surface area contributed by atoms with Crippen LogP contribution in [-0.2, 0) is 24.2 Å².